The van der Waals surface area contributed by atoms with Crippen molar-refractivity contribution in [3.05, 3.63) is 41.5 Å². The summed E-state index contributed by atoms with van der Waals surface area (Å²) >= 11 is 0. The standard InChI is InChI=1S/C14H17F2NO.ClH/c1-10(9-17(2)3)14(18)7-5-11-4-6-12(15)13(16)8-11;/h4-8,10H,9H2,1-3H3;1H/b7-5+;. The molecule has 0 saturated carbocycles. The smallest absolute Gasteiger partial charge is 0.159 e. The van der Waals surface area contributed by atoms with Crippen LogP contribution in [0.1, 0.15) is 12.5 Å². The first-order valence-electron chi connectivity index (χ1n) is 5.72. The number of hydrogen-bond acceptors (Lipinski definition) is 2. The highest BCUT2D eigenvalue weighted by atomic mass is 35.5. The maximum atomic E-state index is 12.9. The molecule has 1 aromatic carbocycles. The summed E-state index contributed by atoms with van der Waals surface area (Å²) in [6.07, 6.45) is 2.90. The number of carbonyl (C=O) groups is 1. The first-order valence-corrected chi connectivity index (χ1v) is 5.72. The van der Waals surface area contributed by atoms with Crippen LogP contribution in [0.4, 0.5) is 8.78 Å². The van der Waals surface area contributed by atoms with Gasteiger partial charge in [-0.1, -0.05) is 19.1 Å². The first-order chi connectivity index (χ1) is 8.40. The fourth-order valence-electron chi connectivity index (χ4n) is 1.60. The SMILES string of the molecule is CC(CN(C)C)C(=O)/C=C/c1ccc(F)c(F)c1.Cl. The Morgan fingerprint density at radius 2 is 1.95 bits per heavy atom. The molecule has 0 aliphatic carbocycles. The van der Waals surface area contributed by atoms with Crippen LogP contribution in [0.3, 0.4) is 0 Å². The number of allylic oxidation sites excluding steroid dienone is 1. The molecule has 2 nitrogen and oxygen atoms in total. The Morgan fingerprint density at radius 1 is 1.32 bits per heavy atom. The highest BCUT2D eigenvalue weighted by Gasteiger charge is 2.10. The zero-order valence-corrected chi connectivity index (χ0v) is 12.0. The number of halogens is 3. The molecule has 0 aromatic heterocycles. The molecule has 0 saturated heterocycles. The molecule has 0 amide bonds. The van der Waals surface area contributed by atoms with E-state index in [4.69, 9.17) is 0 Å². The molecule has 1 atom stereocenters. The molecule has 0 fully saturated rings. The molecule has 0 aliphatic rings. The normalized spacial score (nSPS) is 12.5. The molecule has 0 N–H and O–H groups in total. The van der Waals surface area contributed by atoms with Crippen molar-refractivity contribution in [1.29, 1.82) is 0 Å². The van der Waals surface area contributed by atoms with Crippen LogP contribution in [0, 0.1) is 17.6 Å². The van der Waals surface area contributed by atoms with Crippen molar-refractivity contribution in [2.24, 2.45) is 5.92 Å². The van der Waals surface area contributed by atoms with Crippen LogP contribution in [0.25, 0.3) is 6.08 Å². The van der Waals surface area contributed by atoms with Crippen molar-refractivity contribution in [2.75, 3.05) is 20.6 Å². The van der Waals surface area contributed by atoms with Crippen LogP contribution in [-0.2, 0) is 4.79 Å². The minimum atomic E-state index is -0.911. The van der Waals surface area contributed by atoms with E-state index in [1.807, 2.05) is 25.9 Å². The highest BCUT2D eigenvalue weighted by Crippen LogP contribution is 2.10. The zero-order chi connectivity index (χ0) is 13.7. The zero-order valence-electron chi connectivity index (χ0n) is 11.2. The van der Waals surface area contributed by atoms with Gasteiger partial charge < -0.3 is 4.90 Å². The maximum absolute atomic E-state index is 12.9. The molecule has 19 heavy (non-hydrogen) atoms. The van der Waals surface area contributed by atoms with Crippen LogP contribution in [0.5, 0.6) is 0 Å². The molecule has 0 heterocycles. The quantitative estimate of drug-likeness (QED) is 0.776. The Labute approximate surface area is 118 Å². The predicted molar refractivity (Wildman–Crippen MR) is 75.4 cm³/mol. The van der Waals surface area contributed by atoms with Gasteiger partial charge in [0.25, 0.3) is 0 Å². The summed E-state index contributed by atoms with van der Waals surface area (Å²) in [6.45, 7) is 2.48. The molecule has 1 aromatic rings. The molecule has 0 bridgehead atoms. The average molecular weight is 290 g/mol. The highest BCUT2D eigenvalue weighted by molar-refractivity contribution is 5.95. The number of ketones is 1. The van der Waals surface area contributed by atoms with Crippen molar-refractivity contribution in [2.45, 2.75) is 6.92 Å². The van der Waals surface area contributed by atoms with E-state index in [9.17, 15) is 13.6 Å². The minimum absolute atomic E-state index is 0. The monoisotopic (exact) mass is 289 g/mol. The molecule has 0 spiro atoms. The summed E-state index contributed by atoms with van der Waals surface area (Å²) in [5, 5.41) is 0. The largest absolute Gasteiger partial charge is 0.309 e. The summed E-state index contributed by atoms with van der Waals surface area (Å²) in [7, 11) is 3.78. The molecule has 1 unspecified atom stereocenters. The number of nitrogens with zero attached hydrogens (tertiary/aromatic N) is 1. The number of hydrogen-bond donors (Lipinski definition) is 0. The Balaban J connectivity index is 0.00000324. The maximum Gasteiger partial charge on any atom is 0.159 e. The third kappa shape index (κ3) is 5.94. The second-order valence-corrected chi connectivity index (χ2v) is 4.57. The minimum Gasteiger partial charge on any atom is -0.309 e. The lowest BCUT2D eigenvalue weighted by atomic mass is 10.0. The van der Waals surface area contributed by atoms with Crippen LogP contribution in [0.2, 0.25) is 0 Å². The van der Waals surface area contributed by atoms with E-state index >= 15 is 0 Å². The number of benzene rings is 1. The van der Waals surface area contributed by atoms with Gasteiger partial charge in [-0.3, -0.25) is 4.79 Å². The number of carbonyl (C=O) groups excluding carboxylic acids is 1. The fraction of sp³-hybridized carbons (Fsp3) is 0.357. The molecule has 1 rings (SSSR count). The molecule has 106 valence electrons. The summed E-state index contributed by atoms with van der Waals surface area (Å²) in [5.41, 5.74) is 0.472. The Bertz CT molecular complexity index is 461. The van der Waals surface area contributed by atoms with Gasteiger partial charge in [0.1, 0.15) is 0 Å². The van der Waals surface area contributed by atoms with Crippen LogP contribution in [0.15, 0.2) is 24.3 Å². The van der Waals surface area contributed by atoms with E-state index in [1.54, 1.807) is 0 Å². The molecular formula is C14H18ClF2NO. The third-order valence-electron chi connectivity index (χ3n) is 2.51. The molecule has 0 radical (unpaired) electrons. The van der Waals surface area contributed by atoms with Gasteiger partial charge in [-0.05, 0) is 37.9 Å². The van der Waals surface area contributed by atoms with Crippen LogP contribution >= 0.6 is 12.4 Å². The summed E-state index contributed by atoms with van der Waals surface area (Å²) in [5.74, 6) is -1.96. The molecule has 5 heteroatoms. The second kappa shape index (κ2) is 8.02. The van der Waals surface area contributed by atoms with Crippen molar-refractivity contribution >= 4 is 24.3 Å². The Kier molecular flexibility index (Phi) is 7.49. The number of rotatable bonds is 5. The van der Waals surface area contributed by atoms with Gasteiger partial charge in [0.05, 0.1) is 0 Å². The van der Waals surface area contributed by atoms with Gasteiger partial charge in [0.15, 0.2) is 17.4 Å². The van der Waals surface area contributed by atoms with Gasteiger partial charge in [0, 0.05) is 12.5 Å². The topological polar surface area (TPSA) is 20.3 Å². The van der Waals surface area contributed by atoms with Crippen molar-refractivity contribution in [3.8, 4) is 0 Å². The predicted octanol–water partition coefficient (Wildman–Crippen LogP) is 3.17. The van der Waals surface area contributed by atoms with Gasteiger partial charge >= 0.3 is 0 Å². The fourth-order valence-corrected chi connectivity index (χ4v) is 1.60. The van der Waals surface area contributed by atoms with Crippen molar-refractivity contribution in [3.63, 3.8) is 0 Å². The van der Waals surface area contributed by atoms with Crippen LogP contribution in [-0.4, -0.2) is 31.3 Å². The Morgan fingerprint density at radius 3 is 2.47 bits per heavy atom. The van der Waals surface area contributed by atoms with E-state index in [2.05, 4.69) is 0 Å². The van der Waals surface area contributed by atoms with Gasteiger partial charge in [-0.25, -0.2) is 8.78 Å². The van der Waals surface area contributed by atoms with Crippen molar-refractivity contribution in [1.82, 2.24) is 4.90 Å². The Hall–Kier alpha value is -1.26. The lowest BCUT2D eigenvalue weighted by Crippen LogP contribution is -2.24. The summed E-state index contributed by atoms with van der Waals surface area (Å²) < 4.78 is 25.6. The lowest BCUT2D eigenvalue weighted by molar-refractivity contribution is -0.118. The third-order valence-corrected chi connectivity index (χ3v) is 2.51. The summed E-state index contributed by atoms with van der Waals surface area (Å²) in [6, 6.07) is 3.54. The average Bonchev–Trinajstić information content (AvgIpc) is 2.29. The first kappa shape index (κ1) is 17.7. The van der Waals surface area contributed by atoms with Gasteiger partial charge in [-0.15, -0.1) is 12.4 Å². The van der Waals surface area contributed by atoms with E-state index < -0.39 is 11.6 Å². The summed E-state index contributed by atoms with van der Waals surface area (Å²) in [4.78, 5) is 13.6. The van der Waals surface area contributed by atoms with E-state index in [1.165, 1.54) is 18.2 Å². The van der Waals surface area contributed by atoms with Gasteiger partial charge in [-0.2, -0.15) is 0 Å². The molecular weight excluding hydrogens is 272 g/mol. The van der Waals surface area contributed by atoms with E-state index in [0.717, 1.165) is 12.1 Å². The lowest BCUT2D eigenvalue weighted by Gasteiger charge is -2.13. The van der Waals surface area contributed by atoms with E-state index in [-0.39, 0.29) is 24.1 Å². The van der Waals surface area contributed by atoms with Crippen LogP contribution < -0.4 is 0 Å². The van der Waals surface area contributed by atoms with Gasteiger partial charge in [0.2, 0.25) is 0 Å². The van der Waals surface area contributed by atoms with E-state index in [0.29, 0.717) is 12.1 Å². The van der Waals surface area contributed by atoms with Crippen molar-refractivity contribution < 1.29 is 13.6 Å². The second-order valence-electron chi connectivity index (χ2n) is 4.57. The molecule has 0 aliphatic heterocycles.